The van der Waals surface area contributed by atoms with E-state index in [1.165, 1.54) is 12.3 Å². The van der Waals surface area contributed by atoms with Gasteiger partial charge in [-0.05, 0) is 12.1 Å². The number of hydrogen-bond acceptors (Lipinski definition) is 1. The second kappa shape index (κ2) is 2.48. The third kappa shape index (κ3) is 1.26. The number of hydrogen-bond donors (Lipinski definition) is 0. The van der Waals surface area contributed by atoms with E-state index in [2.05, 4.69) is 4.98 Å². The molecule has 5 heteroatoms. The lowest BCUT2D eigenvalue weighted by molar-refractivity contribution is -0.142. The van der Waals surface area contributed by atoms with Gasteiger partial charge in [0.05, 0.1) is 18.0 Å². The van der Waals surface area contributed by atoms with Crippen LogP contribution in [0.1, 0.15) is 5.69 Å². The average molecular weight is 186 g/mol. The normalized spacial score (nSPS) is 12.2. The standard InChI is InChI=1S/C8H5F3N2/c9-8(10,11)7-3-1-2-6-4-12-5-13(6)7/h1-5H. The van der Waals surface area contributed by atoms with E-state index >= 15 is 0 Å². The molecule has 0 saturated heterocycles. The monoisotopic (exact) mass is 186 g/mol. The van der Waals surface area contributed by atoms with Gasteiger partial charge in [-0.1, -0.05) is 6.07 Å². The Morgan fingerprint density at radius 3 is 2.69 bits per heavy atom. The van der Waals surface area contributed by atoms with E-state index in [4.69, 9.17) is 0 Å². The summed E-state index contributed by atoms with van der Waals surface area (Å²) in [5, 5.41) is 0. The third-order valence-electron chi connectivity index (χ3n) is 1.74. The molecule has 0 spiro atoms. The zero-order valence-electron chi connectivity index (χ0n) is 6.42. The fraction of sp³-hybridized carbons (Fsp3) is 0.125. The van der Waals surface area contributed by atoms with Gasteiger partial charge in [0.15, 0.2) is 0 Å². The van der Waals surface area contributed by atoms with Crippen molar-refractivity contribution in [3.05, 3.63) is 36.4 Å². The van der Waals surface area contributed by atoms with Crippen LogP contribution in [0, 0.1) is 0 Å². The van der Waals surface area contributed by atoms with E-state index in [1.807, 2.05) is 0 Å². The SMILES string of the molecule is FC(F)(F)c1cccc2cncn12. The van der Waals surface area contributed by atoms with Crippen molar-refractivity contribution >= 4 is 5.52 Å². The van der Waals surface area contributed by atoms with Crippen molar-refractivity contribution in [2.24, 2.45) is 0 Å². The number of alkyl halides is 3. The Labute approximate surface area is 71.6 Å². The smallest absolute Gasteiger partial charge is 0.295 e. The van der Waals surface area contributed by atoms with E-state index in [9.17, 15) is 13.2 Å². The molecule has 0 radical (unpaired) electrons. The summed E-state index contributed by atoms with van der Waals surface area (Å²) in [7, 11) is 0. The van der Waals surface area contributed by atoms with Crippen molar-refractivity contribution in [3.8, 4) is 0 Å². The molecule has 0 aliphatic rings. The summed E-state index contributed by atoms with van der Waals surface area (Å²) < 4.78 is 38.1. The van der Waals surface area contributed by atoms with Gasteiger partial charge in [-0.15, -0.1) is 0 Å². The summed E-state index contributed by atoms with van der Waals surface area (Å²) >= 11 is 0. The first-order valence-corrected chi connectivity index (χ1v) is 3.57. The Morgan fingerprint density at radius 1 is 1.23 bits per heavy atom. The van der Waals surface area contributed by atoms with Crippen LogP contribution in [0.3, 0.4) is 0 Å². The van der Waals surface area contributed by atoms with Crippen molar-refractivity contribution in [2.75, 3.05) is 0 Å². The minimum Gasteiger partial charge on any atom is -0.295 e. The quantitative estimate of drug-likeness (QED) is 0.617. The minimum absolute atomic E-state index is 0.440. The summed E-state index contributed by atoms with van der Waals surface area (Å²) in [6.07, 6.45) is -1.80. The topological polar surface area (TPSA) is 17.3 Å². The molecule has 0 saturated carbocycles. The van der Waals surface area contributed by atoms with Crippen molar-refractivity contribution in [1.82, 2.24) is 9.38 Å². The molecule has 0 unspecified atom stereocenters. The second-order valence-electron chi connectivity index (χ2n) is 2.60. The molecule has 0 aromatic carbocycles. The number of fused-ring (bicyclic) bond motifs is 1. The number of nitrogens with zero attached hydrogens (tertiary/aromatic N) is 2. The van der Waals surface area contributed by atoms with Gasteiger partial charge in [-0.2, -0.15) is 13.2 Å². The van der Waals surface area contributed by atoms with Gasteiger partial charge in [0.1, 0.15) is 5.69 Å². The molecule has 13 heavy (non-hydrogen) atoms. The van der Waals surface area contributed by atoms with Crippen LogP contribution in [0.25, 0.3) is 5.52 Å². The van der Waals surface area contributed by atoms with Crippen LogP contribution in [-0.2, 0) is 6.18 Å². The number of halogens is 3. The fourth-order valence-electron chi connectivity index (χ4n) is 1.18. The summed E-state index contributed by atoms with van der Waals surface area (Å²) in [5.74, 6) is 0. The molecule has 2 nitrogen and oxygen atoms in total. The summed E-state index contributed by atoms with van der Waals surface area (Å²) in [6.45, 7) is 0. The Morgan fingerprint density at radius 2 is 2.00 bits per heavy atom. The molecule has 0 fully saturated rings. The molecule has 2 heterocycles. The second-order valence-corrected chi connectivity index (χ2v) is 2.60. The van der Waals surface area contributed by atoms with E-state index in [1.54, 1.807) is 6.07 Å². The predicted octanol–water partition coefficient (Wildman–Crippen LogP) is 2.35. The van der Waals surface area contributed by atoms with Crippen LogP contribution >= 0.6 is 0 Å². The molecule has 0 N–H and O–H groups in total. The Hall–Kier alpha value is -1.52. The maximum Gasteiger partial charge on any atom is 0.431 e. The Balaban J connectivity index is 2.75. The summed E-state index contributed by atoms with van der Waals surface area (Å²) in [6, 6.07) is 3.96. The lowest BCUT2D eigenvalue weighted by atomic mass is 10.3. The first kappa shape index (κ1) is 8.10. The van der Waals surface area contributed by atoms with E-state index in [0.717, 1.165) is 16.8 Å². The highest BCUT2D eigenvalue weighted by molar-refractivity contribution is 5.46. The first-order valence-electron chi connectivity index (χ1n) is 3.57. The number of pyridine rings is 1. The molecule has 68 valence electrons. The van der Waals surface area contributed by atoms with E-state index < -0.39 is 11.9 Å². The predicted molar refractivity (Wildman–Crippen MR) is 40.2 cm³/mol. The van der Waals surface area contributed by atoms with Gasteiger partial charge in [-0.3, -0.25) is 4.40 Å². The minimum atomic E-state index is -4.33. The number of rotatable bonds is 0. The van der Waals surface area contributed by atoms with Gasteiger partial charge in [0.2, 0.25) is 0 Å². The summed E-state index contributed by atoms with van der Waals surface area (Å²) in [4.78, 5) is 3.64. The summed E-state index contributed by atoms with van der Waals surface area (Å²) in [5.41, 5.74) is -0.266. The maximum atomic E-state index is 12.3. The molecule has 0 aliphatic heterocycles. The van der Waals surface area contributed by atoms with Crippen molar-refractivity contribution in [1.29, 1.82) is 0 Å². The zero-order chi connectivity index (χ0) is 9.47. The molecule has 0 aliphatic carbocycles. The molecule has 0 amide bonds. The van der Waals surface area contributed by atoms with Gasteiger partial charge >= 0.3 is 6.18 Å². The van der Waals surface area contributed by atoms with Crippen molar-refractivity contribution in [2.45, 2.75) is 6.18 Å². The van der Waals surface area contributed by atoms with Crippen LogP contribution < -0.4 is 0 Å². The maximum absolute atomic E-state index is 12.3. The lowest BCUT2D eigenvalue weighted by Gasteiger charge is -2.08. The van der Waals surface area contributed by atoms with Crippen LogP contribution in [0.2, 0.25) is 0 Å². The molecule has 0 bridgehead atoms. The third-order valence-corrected chi connectivity index (χ3v) is 1.74. The number of aromatic nitrogens is 2. The van der Waals surface area contributed by atoms with E-state index in [0.29, 0.717) is 5.52 Å². The highest BCUT2D eigenvalue weighted by atomic mass is 19.4. The van der Waals surface area contributed by atoms with Gasteiger partial charge in [0, 0.05) is 0 Å². The molecule has 2 aromatic heterocycles. The van der Waals surface area contributed by atoms with Gasteiger partial charge in [-0.25, -0.2) is 4.98 Å². The molecular formula is C8H5F3N2. The van der Waals surface area contributed by atoms with E-state index in [-0.39, 0.29) is 0 Å². The average Bonchev–Trinajstić information content (AvgIpc) is 2.48. The van der Waals surface area contributed by atoms with Crippen LogP contribution in [0.5, 0.6) is 0 Å². The molecule has 0 atom stereocenters. The fourth-order valence-corrected chi connectivity index (χ4v) is 1.18. The molecular weight excluding hydrogens is 181 g/mol. The lowest BCUT2D eigenvalue weighted by Crippen LogP contribution is -2.10. The van der Waals surface area contributed by atoms with Crippen molar-refractivity contribution < 1.29 is 13.2 Å². The molecule has 2 rings (SSSR count). The van der Waals surface area contributed by atoms with Crippen LogP contribution in [0.15, 0.2) is 30.7 Å². The highest BCUT2D eigenvalue weighted by Crippen LogP contribution is 2.29. The Bertz CT molecular complexity index is 430. The van der Waals surface area contributed by atoms with Gasteiger partial charge in [0.25, 0.3) is 0 Å². The number of imidazole rings is 1. The first-order chi connectivity index (χ1) is 6.09. The Kier molecular flexibility index (Phi) is 1.55. The highest BCUT2D eigenvalue weighted by Gasteiger charge is 2.32. The molecule has 2 aromatic rings. The van der Waals surface area contributed by atoms with Crippen LogP contribution in [-0.4, -0.2) is 9.38 Å². The zero-order valence-corrected chi connectivity index (χ0v) is 6.42. The van der Waals surface area contributed by atoms with Gasteiger partial charge < -0.3 is 0 Å². The van der Waals surface area contributed by atoms with Crippen LogP contribution in [0.4, 0.5) is 13.2 Å². The largest absolute Gasteiger partial charge is 0.431 e. The van der Waals surface area contributed by atoms with Crippen molar-refractivity contribution in [3.63, 3.8) is 0 Å².